The van der Waals surface area contributed by atoms with Gasteiger partial charge >= 0.3 is 0 Å². The number of nitrogens with zero attached hydrogens (tertiary/aromatic N) is 2. The van der Waals surface area contributed by atoms with E-state index in [1.54, 1.807) is 11.0 Å². The van der Waals surface area contributed by atoms with E-state index in [9.17, 15) is 14.9 Å². The predicted octanol–water partition coefficient (Wildman–Crippen LogP) is 1.98. The molecule has 1 heterocycles. The molecule has 1 aromatic carbocycles. The summed E-state index contributed by atoms with van der Waals surface area (Å²) in [5, 5.41) is 14.2. The molecule has 0 unspecified atom stereocenters. The van der Waals surface area contributed by atoms with Gasteiger partial charge in [-0.1, -0.05) is 6.07 Å². The molecule has 1 amide bonds. The number of amides is 1. The standard InChI is InChI=1S/C15H21N3O3/c1-15(2,3)16-7-9-17-8-6-11-4-5-12(18(20)21)10-13(11)14(17)19/h4-5,10,16H,6-9H2,1-3H3. The molecular formula is C15H21N3O3. The van der Waals surface area contributed by atoms with Crippen LogP contribution in [0.1, 0.15) is 36.7 Å². The Labute approximate surface area is 124 Å². The van der Waals surface area contributed by atoms with Gasteiger partial charge in [0.1, 0.15) is 0 Å². The number of hydrogen-bond donors (Lipinski definition) is 1. The Balaban J connectivity index is 2.08. The molecule has 0 saturated heterocycles. The highest BCUT2D eigenvalue weighted by molar-refractivity contribution is 5.97. The summed E-state index contributed by atoms with van der Waals surface area (Å²) in [6.07, 6.45) is 0.745. The van der Waals surface area contributed by atoms with Gasteiger partial charge in [0.25, 0.3) is 11.6 Å². The zero-order chi connectivity index (χ0) is 15.6. The molecule has 1 aliphatic rings. The maximum Gasteiger partial charge on any atom is 0.270 e. The number of nitro groups is 1. The van der Waals surface area contributed by atoms with Crippen LogP contribution in [0.4, 0.5) is 5.69 Å². The first kappa shape index (κ1) is 15.4. The third-order valence-corrected chi connectivity index (χ3v) is 3.51. The normalized spacial score (nSPS) is 15.0. The second kappa shape index (κ2) is 5.81. The number of benzene rings is 1. The van der Waals surface area contributed by atoms with Gasteiger partial charge in [-0.2, -0.15) is 0 Å². The van der Waals surface area contributed by atoms with Crippen molar-refractivity contribution in [3.63, 3.8) is 0 Å². The maximum atomic E-state index is 12.4. The Bertz CT molecular complexity index is 564. The van der Waals surface area contributed by atoms with Gasteiger partial charge in [-0.15, -0.1) is 0 Å². The van der Waals surface area contributed by atoms with E-state index in [0.717, 1.165) is 12.0 Å². The average Bonchev–Trinajstić information content (AvgIpc) is 2.39. The van der Waals surface area contributed by atoms with Gasteiger partial charge in [0.2, 0.25) is 0 Å². The Morgan fingerprint density at radius 3 is 2.71 bits per heavy atom. The summed E-state index contributed by atoms with van der Waals surface area (Å²) in [4.78, 5) is 24.5. The number of nitrogens with one attached hydrogen (secondary N) is 1. The van der Waals surface area contributed by atoms with Crippen LogP contribution in [0.15, 0.2) is 18.2 Å². The SMILES string of the molecule is CC(C)(C)NCCN1CCc2ccc([N+](=O)[O-])cc2C1=O. The zero-order valence-electron chi connectivity index (χ0n) is 12.7. The van der Waals surface area contributed by atoms with Crippen molar-refractivity contribution in [1.29, 1.82) is 0 Å². The molecule has 0 aliphatic carbocycles. The summed E-state index contributed by atoms with van der Waals surface area (Å²) < 4.78 is 0. The molecule has 0 atom stereocenters. The number of rotatable bonds is 4. The molecule has 0 fully saturated rings. The van der Waals surface area contributed by atoms with Crippen LogP contribution < -0.4 is 5.32 Å². The minimum atomic E-state index is -0.465. The van der Waals surface area contributed by atoms with Crippen LogP contribution >= 0.6 is 0 Å². The van der Waals surface area contributed by atoms with E-state index in [4.69, 9.17) is 0 Å². The molecule has 21 heavy (non-hydrogen) atoms. The summed E-state index contributed by atoms with van der Waals surface area (Å²) in [7, 11) is 0. The third kappa shape index (κ3) is 3.78. The lowest BCUT2D eigenvalue weighted by atomic mass is 9.98. The fourth-order valence-corrected chi connectivity index (χ4v) is 2.40. The summed E-state index contributed by atoms with van der Waals surface area (Å²) in [5.74, 6) is -0.115. The number of hydrogen-bond acceptors (Lipinski definition) is 4. The molecule has 0 saturated carbocycles. The second-order valence-corrected chi connectivity index (χ2v) is 6.32. The van der Waals surface area contributed by atoms with E-state index >= 15 is 0 Å². The maximum absolute atomic E-state index is 12.4. The van der Waals surface area contributed by atoms with Gasteiger partial charge in [-0.25, -0.2) is 0 Å². The monoisotopic (exact) mass is 291 g/mol. The van der Waals surface area contributed by atoms with Gasteiger partial charge in [0, 0.05) is 42.9 Å². The van der Waals surface area contributed by atoms with Crippen LogP contribution in [-0.4, -0.2) is 40.9 Å². The number of fused-ring (bicyclic) bond motifs is 1. The molecule has 0 radical (unpaired) electrons. The lowest BCUT2D eigenvalue weighted by molar-refractivity contribution is -0.384. The summed E-state index contributed by atoms with van der Waals surface area (Å²) >= 11 is 0. The topological polar surface area (TPSA) is 75.5 Å². The van der Waals surface area contributed by atoms with Crippen LogP contribution in [0.3, 0.4) is 0 Å². The highest BCUT2D eigenvalue weighted by Crippen LogP contribution is 2.23. The smallest absolute Gasteiger partial charge is 0.270 e. The number of carbonyl (C=O) groups is 1. The largest absolute Gasteiger partial charge is 0.337 e. The molecule has 6 nitrogen and oxygen atoms in total. The van der Waals surface area contributed by atoms with Gasteiger partial charge in [-0.05, 0) is 32.8 Å². The van der Waals surface area contributed by atoms with Crippen molar-refractivity contribution in [1.82, 2.24) is 10.2 Å². The molecule has 6 heteroatoms. The van der Waals surface area contributed by atoms with E-state index in [2.05, 4.69) is 26.1 Å². The molecule has 1 aliphatic heterocycles. The summed E-state index contributed by atoms with van der Waals surface area (Å²) in [5.41, 5.74) is 1.34. The quantitative estimate of drug-likeness (QED) is 0.680. The van der Waals surface area contributed by atoms with Crippen LogP contribution in [0.2, 0.25) is 0 Å². The van der Waals surface area contributed by atoms with Crippen molar-refractivity contribution >= 4 is 11.6 Å². The van der Waals surface area contributed by atoms with Crippen molar-refractivity contribution in [2.75, 3.05) is 19.6 Å². The van der Waals surface area contributed by atoms with Gasteiger partial charge < -0.3 is 10.2 Å². The highest BCUT2D eigenvalue weighted by atomic mass is 16.6. The minimum absolute atomic E-state index is 0.00945. The number of nitro benzene ring substituents is 1. The number of carbonyl (C=O) groups excluding carboxylic acids is 1. The lowest BCUT2D eigenvalue weighted by Gasteiger charge is -2.30. The third-order valence-electron chi connectivity index (χ3n) is 3.51. The lowest BCUT2D eigenvalue weighted by Crippen LogP contribution is -2.45. The van der Waals surface area contributed by atoms with Gasteiger partial charge in [0.15, 0.2) is 0 Å². The van der Waals surface area contributed by atoms with E-state index in [0.29, 0.717) is 25.2 Å². The van der Waals surface area contributed by atoms with E-state index in [1.807, 2.05) is 0 Å². The fraction of sp³-hybridized carbons (Fsp3) is 0.533. The molecule has 2 rings (SSSR count). The Morgan fingerprint density at radius 2 is 2.10 bits per heavy atom. The first-order valence-corrected chi connectivity index (χ1v) is 7.09. The predicted molar refractivity (Wildman–Crippen MR) is 80.5 cm³/mol. The Morgan fingerprint density at radius 1 is 1.38 bits per heavy atom. The van der Waals surface area contributed by atoms with Gasteiger partial charge in [-0.3, -0.25) is 14.9 Å². The Kier molecular flexibility index (Phi) is 4.27. The van der Waals surface area contributed by atoms with E-state index in [1.165, 1.54) is 12.1 Å². The summed E-state index contributed by atoms with van der Waals surface area (Å²) in [6.45, 7) is 8.20. The average molecular weight is 291 g/mol. The second-order valence-electron chi connectivity index (χ2n) is 6.32. The van der Waals surface area contributed by atoms with Crippen LogP contribution in [0.5, 0.6) is 0 Å². The molecule has 0 aromatic heterocycles. The Hall–Kier alpha value is -1.95. The van der Waals surface area contributed by atoms with Crippen LogP contribution in [-0.2, 0) is 6.42 Å². The molecule has 0 spiro atoms. The molecule has 1 N–H and O–H groups in total. The van der Waals surface area contributed by atoms with E-state index in [-0.39, 0.29) is 17.1 Å². The summed E-state index contributed by atoms with van der Waals surface area (Å²) in [6, 6.07) is 4.54. The first-order valence-electron chi connectivity index (χ1n) is 7.09. The van der Waals surface area contributed by atoms with Crippen molar-refractivity contribution in [3.8, 4) is 0 Å². The molecule has 114 valence electrons. The zero-order valence-corrected chi connectivity index (χ0v) is 12.7. The minimum Gasteiger partial charge on any atom is -0.337 e. The molecule has 0 bridgehead atoms. The number of non-ortho nitro benzene ring substituents is 1. The van der Waals surface area contributed by atoms with Crippen molar-refractivity contribution in [2.24, 2.45) is 0 Å². The van der Waals surface area contributed by atoms with Gasteiger partial charge in [0.05, 0.1) is 4.92 Å². The van der Waals surface area contributed by atoms with Crippen LogP contribution in [0, 0.1) is 10.1 Å². The fourth-order valence-electron chi connectivity index (χ4n) is 2.40. The van der Waals surface area contributed by atoms with E-state index < -0.39 is 4.92 Å². The highest BCUT2D eigenvalue weighted by Gasteiger charge is 2.26. The molecule has 1 aromatic rings. The van der Waals surface area contributed by atoms with Crippen molar-refractivity contribution in [2.45, 2.75) is 32.7 Å². The molecular weight excluding hydrogens is 270 g/mol. The van der Waals surface area contributed by atoms with Crippen molar-refractivity contribution in [3.05, 3.63) is 39.4 Å². The first-order chi connectivity index (χ1) is 9.78. The van der Waals surface area contributed by atoms with Crippen molar-refractivity contribution < 1.29 is 9.72 Å². The van der Waals surface area contributed by atoms with Crippen LogP contribution in [0.25, 0.3) is 0 Å².